The average Bonchev–Trinajstić information content (AvgIpc) is 3.21. The highest BCUT2D eigenvalue weighted by atomic mass is 16.5. The summed E-state index contributed by atoms with van der Waals surface area (Å²) in [5.41, 5.74) is 3.73. The van der Waals surface area contributed by atoms with Crippen LogP contribution in [0, 0.1) is 0 Å². The predicted octanol–water partition coefficient (Wildman–Crippen LogP) is 23.4. The number of hydrogen-bond donors (Lipinski definition) is 1. The fraction of sp³-hybridized carbons (Fsp3) is 0.640. The van der Waals surface area contributed by atoms with Crippen molar-refractivity contribution in [2.24, 2.45) is 4.99 Å². The van der Waals surface area contributed by atoms with E-state index >= 15 is 0 Å². The Morgan fingerprint density at radius 2 is 0.847 bits per heavy atom. The number of aliphatic imine (C=N–C) groups is 1. The molecule has 0 amide bonds. The van der Waals surface area contributed by atoms with E-state index in [1.54, 1.807) is 30.5 Å². The van der Waals surface area contributed by atoms with Crippen LogP contribution in [-0.4, -0.2) is 48.7 Å². The summed E-state index contributed by atoms with van der Waals surface area (Å²) in [4.78, 5) is 23.5. The van der Waals surface area contributed by atoms with E-state index in [2.05, 4.69) is 32.7 Å². The van der Waals surface area contributed by atoms with Gasteiger partial charge < -0.3 is 33.2 Å². The van der Waals surface area contributed by atoms with E-state index in [1.165, 1.54) is 218 Å². The van der Waals surface area contributed by atoms with Crippen LogP contribution in [0.5, 0.6) is 34.5 Å². The van der Waals surface area contributed by atoms with Gasteiger partial charge in [0.15, 0.2) is 17.1 Å². The number of fused-ring (bicyclic) bond motifs is 1. The van der Waals surface area contributed by atoms with Crippen molar-refractivity contribution in [1.29, 1.82) is 0 Å². The zero-order valence-electron chi connectivity index (χ0n) is 53.8. The van der Waals surface area contributed by atoms with Crippen LogP contribution in [-0.2, 0) is 0 Å². The average molecular weight is 1170 g/mol. The van der Waals surface area contributed by atoms with Gasteiger partial charge in [0.1, 0.15) is 22.8 Å². The van der Waals surface area contributed by atoms with Crippen LogP contribution in [0.25, 0.3) is 22.6 Å². The number of unbranched alkanes of at least 4 members (excludes halogenated alkanes) is 36. The summed E-state index contributed by atoms with van der Waals surface area (Å²) >= 11 is 0. The quantitative estimate of drug-likeness (QED) is 0.0175. The molecule has 0 aliphatic carbocycles. The number of nitrogens with zero attached hydrogens (tertiary/aromatic N) is 2. The van der Waals surface area contributed by atoms with Crippen molar-refractivity contribution in [1.82, 2.24) is 4.98 Å². The molecule has 0 bridgehead atoms. The number of benzene rings is 4. The summed E-state index contributed by atoms with van der Waals surface area (Å²) in [5.74, 6) is 2.42. The third kappa shape index (κ3) is 30.1. The zero-order valence-corrected chi connectivity index (χ0v) is 53.8. The van der Waals surface area contributed by atoms with Crippen molar-refractivity contribution < 1.29 is 38.0 Å². The van der Waals surface area contributed by atoms with Crippen LogP contribution >= 0.6 is 0 Å². The Kier molecular flexibility index (Phi) is 37.8. The minimum Gasteiger partial charge on any atom is -0.507 e. The lowest BCUT2D eigenvalue weighted by Gasteiger charge is -2.19. The lowest BCUT2D eigenvalue weighted by molar-refractivity contribution is 0.0733. The number of ether oxygens (including phenoxy) is 5. The third-order valence-corrected chi connectivity index (χ3v) is 16.3. The number of phenolic OH excluding ortho intramolecular Hbond substituents is 1. The Bertz CT molecular complexity index is 2470. The number of phenols is 1. The van der Waals surface area contributed by atoms with Gasteiger partial charge in [-0.2, -0.15) is 0 Å². The number of carbonyl (C=O) groups is 1. The van der Waals surface area contributed by atoms with Crippen LogP contribution in [0.4, 0.5) is 5.69 Å². The number of oxazole rings is 1. The summed E-state index contributed by atoms with van der Waals surface area (Å²) in [6.45, 7) is 11.3. The predicted molar refractivity (Wildman–Crippen MR) is 356 cm³/mol. The first-order valence-electron chi connectivity index (χ1n) is 34.7. The SMILES string of the molecule is CCCCCCCCCCCCOc1ccc2nc(-c3ccc(N=Cc4ccc(OC(=O)c5cc(OCCCCCCCCCCCC)c(OCCCCCCCCCCCC)c(OCCCCCCCCCCCC)c5)cc4O)cc3)oc2c1. The molecule has 1 heterocycles. The molecule has 10 heteroatoms. The topological polar surface area (TPSA) is 122 Å². The number of carbonyl (C=O) groups excluding carboxylic acids is 1. The maximum Gasteiger partial charge on any atom is 0.343 e. The smallest absolute Gasteiger partial charge is 0.343 e. The molecule has 4 aromatic carbocycles. The van der Waals surface area contributed by atoms with E-state index in [-0.39, 0.29) is 11.5 Å². The fourth-order valence-corrected chi connectivity index (χ4v) is 11.0. The van der Waals surface area contributed by atoms with Crippen molar-refractivity contribution >= 4 is 29.0 Å². The molecule has 0 radical (unpaired) electrons. The van der Waals surface area contributed by atoms with E-state index in [0.717, 1.165) is 61.8 Å². The van der Waals surface area contributed by atoms with Gasteiger partial charge in [0.2, 0.25) is 11.6 Å². The second kappa shape index (κ2) is 45.8. The van der Waals surface area contributed by atoms with E-state index in [9.17, 15) is 9.90 Å². The van der Waals surface area contributed by atoms with Crippen LogP contribution in [0.3, 0.4) is 0 Å². The molecular formula is C75H114N2O8. The molecule has 0 aliphatic heterocycles. The van der Waals surface area contributed by atoms with Gasteiger partial charge in [-0.05, 0) is 86.3 Å². The molecule has 85 heavy (non-hydrogen) atoms. The minimum atomic E-state index is -0.581. The maximum atomic E-state index is 14.1. The molecule has 5 aromatic rings. The Morgan fingerprint density at radius 1 is 0.447 bits per heavy atom. The first-order chi connectivity index (χ1) is 41.9. The highest BCUT2D eigenvalue weighted by Gasteiger charge is 2.21. The molecular weight excluding hydrogens is 1060 g/mol. The lowest BCUT2D eigenvalue weighted by Crippen LogP contribution is -2.12. The van der Waals surface area contributed by atoms with Gasteiger partial charge in [0.05, 0.1) is 37.7 Å². The van der Waals surface area contributed by atoms with E-state index in [0.29, 0.717) is 72.0 Å². The molecule has 0 unspecified atom stereocenters. The summed E-state index contributed by atoms with van der Waals surface area (Å²) < 4.78 is 37.9. The van der Waals surface area contributed by atoms with Crippen molar-refractivity contribution in [3.8, 4) is 46.0 Å². The Morgan fingerprint density at radius 3 is 1.28 bits per heavy atom. The second-order valence-corrected chi connectivity index (χ2v) is 24.0. The van der Waals surface area contributed by atoms with Crippen molar-refractivity contribution in [2.75, 3.05) is 26.4 Å². The van der Waals surface area contributed by atoms with Crippen LogP contribution in [0.15, 0.2) is 82.2 Å². The standard InChI is InChI=1S/C75H114N2O8/c1-5-9-13-17-21-25-29-33-37-41-53-80-66-51-52-68-70(60-66)85-74(77-68)62-45-48-65(49-46-62)76-61-63-47-50-67(59-69(63)78)84-75(79)64-57-71(81-54-42-38-34-30-26-22-18-14-10-6-2)73(83-56-44-40-36-32-28-24-20-16-12-8-4)72(58-64)82-55-43-39-35-31-27-23-19-15-11-7-3/h45-52,57-61,78H,5-44,53-56H2,1-4H3. The van der Waals surface area contributed by atoms with Gasteiger partial charge in [-0.15, -0.1) is 0 Å². The minimum absolute atomic E-state index is 0.0688. The van der Waals surface area contributed by atoms with Crippen molar-refractivity contribution in [2.45, 2.75) is 285 Å². The Labute approximate surface area is 515 Å². The third-order valence-electron chi connectivity index (χ3n) is 16.3. The molecule has 0 atom stereocenters. The number of aromatic hydroxyl groups is 1. The van der Waals surface area contributed by atoms with Crippen LogP contribution in [0.2, 0.25) is 0 Å². The van der Waals surface area contributed by atoms with Gasteiger partial charge in [-0.25, -0.2) is 9.78 Å². The first kappa shape index (κ1) is 70.3. The lowest BCUT2D eigenvalue weighted by atomic mass is 10.1. The molecule has 0 spiro atoms. The molecule has 0 saturated carbocycles. The summed E-state index contributed by atoms with van der Waals surface area (Å²) in [7, 11) is 0. The molecule has 0 fully saturated rings. The van der Waals surface area contributed by atoms with Gasteiger partial charge in [-0.1, -0.05) is 259 Å². The van der Waals surface area contributed by atoms with Gasteiger partial charge in [0.25, 0.3) is 0 Å². The molecule has 1 aromatic heterocycles. The Balaban J connectivity index is 1.19. The molecule has 10 nitrogen and oxygen atoms in total. The monoisotopic (exact) mass is 1170 g/mol. The molecule has 0 aliphatic rings. The van der Waals surface area contributed by atoms with Gasteiger partial charge in [-0.3, -0.25) is 4.99 Å². The highest BCUT2D eigenvalue weighted by Crippen LogP contribution is 2.40. The summed E-state index contributed by atoms with van der Waals surface area (Å²) in [5, 5.41) is 11.2. The number of esters is 1. The number of aromatic nitrogens is 1. The zero-order chi connectivity index (χ0) is 60.0. The van der Waals surface area contributed by atoms with E-state index in [1.807, 2.05) is 42.5 Å². The van der Waals surface area contributed by atoms with E-state index in [4.69, 9.17) is 33.1 Å². The van der Waals surface area contributed by atoms with Gasteiger partial charge >= 0.3 is 5.97 Å². The highest BCUT2D eigenvalue weighted by molar-refractivity contribution is 5.93. The van der Waals surface area contributed by atoms with Crippen molar-refractivity contribution in [3.05, 3.63) is 83.9 Å². The second-order valence-electron chi connectivity index (χ2n) is 24.0. The fourth-order valence-electron chi connectivity index (χ4n) is 11.0. The number of rotatable bonds is 53. The maximum absolute atomic E-state index is 14.1. The summed E-state index contributed by atoms with van der Waals surface area (Å²) in [6.07, 6.45) is 51.6. The molecule has 0 saturated heterocycles. The van der Waals surface area contributed by atoms with Crippen LogP contribution < -0.4 is 23.7 Å². The largest absolute Gasteiger partial charge is 0.507 e. The molecule has 472 valence electrons. The molecule has 1 N–H and O–H groups in total. The van der Waals surface area contributed by atoms with E-state index < -0.39 is 5.97 Å². The van der Waals surface area contributed by atoms with Crippen LogP contribution in [0.1, 0.15) is 300 Å². The van der Waals surface area contributed by atoms with Gasteiger partial charge in [0, 0.05) is 29.5 Å². The normalized spacial score (nSPS) is 11.5. The molecule has 5 rings (SSSR count). The Hall–Kier alpha value is -5.51. The number of hydrogen-bond acceptors (Lipinski definition) is 10. The first-order valence-corrected chi connectivity index (χ1v) is 34.7. The van der Waals surface area contributed by atoms with Crippen molar-refractivity contribution in [3.63, 3.8) is 0 Å². The summed E-state index contributed by atoms with van der Waals surface area (Å²) in [6, 6.07) is 21.7.